The van der Waals surface area contributed by atoms with Crippen LogP contribution in [0.2, 0.25) is 0 Å². The SMILES string of the molecule is Cc1nc2n(n1)[C@H](c1c[nH]c3ccccc13)C1=C(C[C@H](c3ccco3)CC1=O)N2. The zero-order valence-corrected chi connectivity index (χ0v) is 15.8. The topological polar surface area (TPSA) is 88.7 Å². The second-order valence-corrected chi connectivity index (χ2v) is 7.68. The number of nitrogens with zero attached hydrogens (tertiary/aromatic N) is 3. The molecule has 0 amide bonds. The number of aryl methyl sites for hydroxylation is 1. The summed E-state index contributed by atoms with van der Waals surface area (Å²) in [4.78, 5) is 21.3. The Labute approximate surface area is 166 Å². The van der Waals surface area contributed by atoms with E-state index in [0.717, 1.165) is 33.5 Å². The van der Waals surface area contributed by atoms with Crippen molar-refractivity contribution in [2.75, 3.05) is 5.32 Å². The van der Waals surface area contributed by atoms with Crippen LogP contribution in [0.5, 0.6) is 0 Å². The smallest absolute Gasteiger partial charge is 0.226 e. The molecule has 0 unspecified atom stereocenters. The molecule has 144 valence electrons. The summed E-state index contributed by atoms with van der Waals surface area (Å²) < 4.78 is 7.43. The number of allylic oxidation sites excluding steroid dienone is 2. The van der Waals surface area contributed by atoms with E-state index in [-0.39, 0.29) is 17.7 Å². The summed E-state index contributed by atoms with van der Waals surface area (Å²) in [7, 11) is 0. The van der Waals surface area contributed by atoms with Crippen LogP contribution in [-0.4, -0.2) is 25.5 Å². The van der Waals surface area contributed by atoms with E-state index in [1.54, 1.807) is 6.26 Å². The Morgan fingerprint density at radius 1 is 1.17 bits per heavy atom. The van der Waals surface area contributed by atoms with Crippen molar-refractivity contribution < 1.29 is 9.21 Å². The molecule has 1 aliphatic carbocycles. The van der Waals surface area contributed by atoms with Gasteiger partial charge < -0.3 is 14.7 Å². The van der Waals surface area contributed by atoms with Gasteiger partial charge in [0.25, 0.3) is 0 Å². The first-order valence-electron chi connectivity index (χ1n) is 9.75. The number of fused-ring (bicyclic) bond motifs is 2. The summed E-state index contributed by atoms with van der Waals surface area (Å²) in [6.45, 7) is 1.87. The lowest BCUT2D eigenvalue weighted by atomic mass is 9.79. The molecular weight excluding hydrogens is 366 g/mol. The van der Waals surface area contributed by atoms with E-state index in [1.807, 2.05) is 48.1 Å². The minimum absolute atomic E-state index is 0.0305. The number of ketones is 1. The third kappa shape index (κ3) is 2.40. The van der Waals surface area contributed by atoms with Gasteiger partial charge in [0, 0.05) is 46.3 Å². The van der Waals surface area contributed by atoms with E-state index in [4.69, 9.17) is 4.42 Å². The fraction of sp³-hybridized carbons (Fsp3) is 0.227. The number of carbonyl (C=O) groups excluding carboxylic acids is 1. The van der Waals surface area contributed by atoms with Gasteiger partial charge in [0.15, 0.2) is 5.78 Å². The number of aromatic amines is 1. The lowest BCUT2D eigenvalue weighted by Crippen LogP contribution is -2.33. The number of H-pyrrole nitrogens is 1. The van der Waals surface area contributed by atoms with Crippen LogP contribution in [0.4, 0.5) is 5.95 Å². The molecule has 3 aromatic heterocycles. The summed E-state index contributed by atoms with van der Waals surface area (Å²) >= 11 is 0. The minimum Gasteiger partial charge on any atom is -0.469 e. The zero-order valence-electron chi connectivity index (χ0n) is 15.8. The van der Waals surface area contributed by atoms with Crippen LogP contribution in [0.15, 0.2) is 64.5 Å². The van der Waals surface area contributed by atoms with E-state index in [2.05, 4.69) is 26.4 Å². The molecule has 7 nitrogen and oxygen atoms in total. The molecule has 0 fully saturated rings. The normalized spacial score (nSPS) is 21.2. The molecule has 7 heteroatoms. The lowest BCUT2D eigenvalue weighted by molar-refractivity contribution is -0.116. The van der Waals surface area contributed by atoms with Gasteiger partial charge in [0.05, 0.1) is 6.26 Å². The summed E-state index contributed by atoms with van der Waals surface area (Å²) in [5.74, 6) is 2.34. The maximum Gasteiger partial charge on any atom is 0.226 e. The number of benzene rings is 1. The van der Waals surface area contributed by atoms with E-state index in [0.29, 0.717) is 24.6 Å². The van der Waals surface area contributed by atoms with Crippen molar-refractivity contribution >= 4 is 22.6 Å². The van der Waals surface area contributed by atoms with Crippen molar-refractivity contribution in [2.24, 2.45) is 0 Å². The first kappa shape index (κ1) is 16.4. The van der Waals surface area contributed by atoms with Crippen LogP contribution in [0.3, 0.4) is 0 Å². The summed E-state index contributed by atoms with van der Waals surface area (Å²) in [5, 5.41) is 9.08. The predicted molar refractivity (Wildman–Crippen MR) is 108 cm³/mol. The highest BCUT2D eigenvalue weighted by Gasteiger charge is 2.40. The number of aromatic nitrogens is 4. The second-order valence-electron chi connectivity index (χ2n) is 7.68. The van der Waals surface area contributed by atoms with Crippen LogP contribution >= 0.6 is 0 Å². The van der Waals surface area contributed by atoms with Gasteiger partial charge in [-0.25, -0.2) is 4.68 Å². The number of anilines is 1. The number of para-hydroxylation sites is 1. The predicted octanol–water partition coefficient (Wildman–Crippen LogP) is 4.08. The van der Waals surface area contributed by atoms with Crippen LogP contribution in [0, 0.1) is 6.92 Å². The summed E-state index contributed by atoms with van der Waals surface area (Å²) in [6.07, 6.45) is 4.78. The van der Waals surface area contributed by atoms with Crippen LogP contribution < -0.4 is 5.32 Å². The molecule has 29 heavy (non-hydrogen) atoms. The zero-order chi connectivity index (χ0) is 19.5. The molecule has 1 aromatic carbocycles. The first-order chi connectivity index (χ1) is 14.2. The van der Waals surface area contributed by atoms with Crippen molar-refractivity contribution in [2.45, 2.75) is 31.7 Å². The number of furan rings is 1. The molecule has 4 aromatic rings. The molecule has 0 saturated heterocycles. The van der Waals surface area contributed by atoms with Gasteiger partial charge in [-0.05, 0) is 31.5 Å². The number of carbonyl (C=O) groups is 1. The van der Waals surface area contributed by atoms with E-state index in [1.165, 1.54) is 0 Å². The largest absolute Gasteiger partial charge is 0.469 e. The molecule has 0 saturated carbocycles. The average molecular weight is 385 g/mol. The highest BCUT2D eigenvalue weighted by Crippen LogP contribution is 2.45. The van der Waals surface area contributed by atoms with Crippen molar-refractivity contribution in [3.05, 3.63) is 77.3 Å². The molecule has 2 N–H and O–H groups in total. The van der Waals surface area contributed by atoms with E-state index < -0.39 is 0 Å². The molecule has 0 spiro atoms. The third-order valence-corrected chi connectivity index (χ3v) is 5.89. The van der Waals surface area contributed by atoms with E-state index >= 15 is 0 Å². The van der Waals surface area contributed by atoms with Crippen molar-refractivity contribution in [3.8, 4) is 0 Å². The minimum atomic E-state index is -0.302. The Bertz CT molecular complexity index is 1280. The van der Waals surface area contributed by atoms with Gasteiger partial charge in [0.2, 0.25) is 5.95 Å². The van der Waals surface area contributed by atoms with Gasteiger partial charge in [-0.1, -0.05) is 18.2 Å². The Morgan fingerprint density at radius 2 is 2.07 bits per heavy atom. The van der Waals surface area contributed by atoms with Gasteiger partial charge in [-0.2, -0.15) is 10.1 Å². The molecule has 0 bridgehead atoms. The number of hydrogen-bond acceptors (Lipinski definition) is 5. The Balaban J connectivity index is 1.54. The Kier molecular flexibility index (Phi) is 3.35. The monoisotopic (exact) mass is 385 g/mol. The Morgan fingerprint density at radius 3 is 2.93 bits per heavy atom. The average Bonchev–Trinajstić information content (AvgIpc) is 3.45. The van der Waals surface area contributed by atoms with Crippen molar-refractivity contribution in [1.82, 2.24) is 19.7 Å². The molecule has 4 heterocycles. The fourth-order valence-electron chi connectivity index (χ4n) is 4.65. The summed E-state index contributed by atoms with van der Waals surface area (Å²) in [6, 6.07) is 11.6. The fourth-order valence-corrected chi connectivity index (χ4v) is 4.65. The number of Topliss-reactive ketones (excluding diaryl/α,β-unsaturated/α-hetero) is 1. The lowest BCUT2D eigenvalue weighted by Gasteiger charge is -2.34. The van der Waals surface area contributed by atoms with E-state index in [9.17, 15) is 4.79 Å². The van der Waals surface area contributed by atoms with Gasteiger partial charge >= 0.3 is 0 Å². The maximum absolute atomic E-state index is 13.4. The quantitative estimate of drug-likeness (QED) is 0.543. The van der Waals surface area contributed by atoms with Crippen molar-refractivity contribution in [3.63, 3.8) is 0 Å². The third-order valence-electron chi connectivity index (χ3n) is 5.89. The Hall–Kier alpha value is -3.61. The van der Waals surface area contributed by atoms with Crippen molar-refractivity contribution in [1.29, 1.82) is 0 Å². The number of nitrogens with one attached hydrogen (secondary N) is 2. The number of hydrogen-bond donors (Lipinski definition) is 2. The molecule has 6 rings (SSSR count). The van der Waals surface area contributed by atoms with Gasteiger partial charge in [-0.15, -0.1) is 0 Å². The van der Waals surface area contributed by atoms with Gasteiger partial charge in [-0.3, -0.25) is 4.79 Å². The maximum atomic E-state index is 13.4. The summed E-state index contributed by atoms with van der Waals surface area (Å²) in [5.41, 5.74) is 3.76. The van der Waals surface area contributed by atoms with Crippen LogP contribution in [-0.2, 0) is 4.79 Å². The van der Waals surface area contributed by atoms with Crippen LogP contribution in [0.25, 0.3) is 10.9 Å². The highest BCUT2D eigenvalue weighted by molar-refractivity contribution is 6.01. The molecule has 2 aliphatic rings. The molecular formula is C22H19N5O2. The standard InChI is InChI=1S/C22H19N5O2/c1-12-24-22-25-17-9-13(19-7-4-8-29-19)10-18(28)20(17)21(27(22)26-12)15-11-23-16-6-3-2-5-14(15)16/h2-8,11,13,21,23H,9-10H2,1H3,(H,24,25,26)/t13-,21+/m0/s1. The highest BCUT2D eigenvalue weighted by atomic mass is 16.3. The molecule has 2 atom stereocenters. The number of rotatable bonds is 2. The first-order valence-corrected chi connectivity index (χ1v) is 9.75. The molecule has 1 aliphatic heterocycles. The second kappa shape index (κ2) is 5.94. The van der Waals surface area contributed by atoms with Crippen LogP contribution in [0.1, 0.15) is 41.9 Å². The van der Waals surface area contributed by atoms with Gasteiger partial charge in [0.1, 0.15) is 17.6 Å². The molecule has 0 radical (unpaired) electrons.